The molecule has 0 fully saturated rings. The van der Waals surface area contributed by atoms with Gasteiger partial charge in [0.2, 0.25) is 0 Å². The zero-order chi connectivity index (χ0) is 14.9. The highest BCUT2D eigenvalue weighted by Gasteiger charge is 2.01. The topological polar surface area (TPSA) is 27.7 Å². The van der Waals surface area contributed by atoms with Gasteiger partial charge in [0.25, 0.3) is 0 Å². The Kier molecular flexibility index (Phi) is 6.82. The summed E-state index contributed by atoms with van der Waals surface area (Å²) in [5, 5.41) is 0. The first-order valence-corrected chi connectivity index (χ1v) is 7.95. The van der Waals surface area contributed by atoms with Crippen molar-refractivity contribution in [3.8, 4) is 11.5 Å². The molecule has 0 aromatic heterocycles. The summed E-state index contributed by atoms with van der Waals surface area (Å²) < 4.78 is 17.8. The van der Waals surface area contributed by atoms with Gasteiger partial charge in [-0.2, -0.15) is 0 Å². The summed E-state index contributed by atoms with van der Waals surface area (Å²) in [7, 11) is 1.67. The van der Waals surface area contributed by atoms with Crippen LogP contribution in [0.15, 0.2) is 48.5 Å². The summed E-state index contributed by atoms with van der Waals surface area (Å²) in [4.78, 5) is 0. The first-order chi connectivity index (χ1) is 10.3. The van der Waals surface area contributed by atoms with Crippen LogP contribution in [0.1, 0.15) is 12.0 Å². The monoisotopic (exact) mass is 398 g/mol. The maximum atomic E-state index is 5.66. The Hall–Kier alpha value is -1.27. The van der Waals surface area contributed by atoms with Gasteiger partial charge in [0, 0.05) is 15.6 Å². The van der Waals surface area contributed by atoms with E-state index in [1.807, 2.05) is 48.5 Å². The fraction of sp³-hybridized carbons (Fsp3) is 0.294. The van der Waals surface area contributed by atoms with Crippen LogP contribution in [0.2, 0.25) is 0 Å². The van der Waals surface area contributed by atoms with E-state index in [4.69, 9.17) is 14.2 Å². The van der Waals surface area contributed by atoms with Crippen LogP contribution in [-0.2, 0) is 11.3 Å². The van der Waals surface area contributed by atoms with E-state index < -0.39 is 0 Å². The zero-order valence-corrected chi connectivity index (χ0v) is 14.2. The fourth-order valence-electron chi connectivity index (χ4n) is 1.89. The molecule has 2 aromatic rings. The third-order valence-corrected chi connectivity index (χ3v) is 3.68. The van der Waals surface area contributed by atoms with Gasteiger partial charge in [-0.25, -0.2) is 0 Å². The summed E-state index contributed by atoms with van der Waals surface area (Å²) in [5.74, 6) is 1.77. The molecule has 0 aliphatic heterocycles. The highest BCUT2D eigenvalue weighted by Crippen LogP contribution is 2.18. The highest BCUT2D eigenvalue weighted by molar-refractivity contribution is 14.1. The van der Waals surface area contributed by atoms with Crippen molar-refractivity contribution < 1.29 is 14.2 Å². The van der Waals surface area contributed by atoms with Crippen LogP contribution in [0, 0.1) is 3.57 Å². The molecular formula is C17H19IO3. The summed E-state index contributed by atoms with van der Waals surface area (Å²) in [6.45, 7) is 1.89. The first kappa shape index (κ1) is 16.1. The normalized spacial score (nSPS) is 10.4. The van der Waals surface area contributed by atoms with Crippen LogP contribution in [0.25, 0.3) is 0 Å². The van der Waals surface area contributed by atoms with E-state index in [0.717, 1.165) is 23.5 Å². The molecular weight excluding hydrogens is 379 g/mol. The standard InChI is InChI=1S/C17H19IO3/c1-19-17-6-3-2-5-14(17)13-20-11-4-12-21-16-9-7-15(18)8-10-16/h2-3,5-10H,4,11-13H2,1H3. The lowest BCUT2D eigenvalue weighted by atomic mass is 10.2. The third-order valence-electron chi connectivity index (χ3n) is 2.97. The predicted molar refractivity (Wildman–Crippen MR) is 91.9 cm³/mol. The lowest BCUT2D eigenvalue weighted by Crippen LogP contribution is -2.04. The highest BCUT2D eigenvalue weighted by atomic mass is 127. The largest absolute Gasteiger partial charge is 0.496 e. The molecule has 0 amide bonds. The van der Waals surface area contributed by atoms with E-state index in [2.05, 4.69) is 22.6 Å². The number of ether oxygens (including phenoxy) is 3. The Labute approximate surface area is 139 Å². The SMILES string of the molecule is COc1ccccc1COCCCOc1ccc(I)cc1. The molecule has 0 heterocycles. The second-order valence-electron chi connectivity index (χ2n) is 4.52. The molecule has 0 N–H and O–H groups in total. The van der Waals surface area contributed by atoms with Crippen LogP contribution in [0.3, 0.4) is 0 Å². The van der Waals surface area contributed by atoms with E-state index >= 15 is 0 Å². The van der Waals surface area contributed by atoms with Crippen molar-refractivity contribution in [2.75, 3.05) is 20.3 Å². The Morgan fingerprint density at radius 2 is 1.71 bits per heavy atom. The average molecular weight is 398 g/mol. The third kappa shape index (κ3) is 5.55. The van der Waals surface area contributed by atoms with E-state index in [0.29, 0.717) is 19.8 Å². The predicted octanol–water partition coefficient (Wildman–Crippen LogP) is 4.29. The van der Waals surface area contributed by atoms with Gasteiger partial charge < -0.3 is 14.2 Å². The number of hydrogen-bond acceptors (Lipinski definition) is 3. The van der Waals surface area contributed by atoms with Gasteiger partial charge in [0.15, 0.2) is 0 Å². The Morgan fingerprint density at radius 1 is 0.952 bits per heavy atom. The van der Waals surface area contributed by atoms with Gasteiger partial charge in [0.1, 0.15) is 11.5 Å². The molecule has 0 atom stereocenters. The molecule has 112 valence electrons. The number of rotatable bonds is 8. The molecule has 0 spiro atoms. The molecule has 0 saturated carbocycles. The van der Waals surface area contributed by atoms with Crippen molar-refractivity contribution in [2.24, 2.45) is 0 Å². The maximum absolute atomic E-state index is 5.66. The first-order valence-electron chi connectivity index (χ1n) is 6.87. The van der Waals surface area contributed by atoms with Crippen molar-refractivity contribution in [2.45, 2.75) is 13.0 Å². The van der Waals surface area contributed by atoms with E-state index in [1.54, 1.807) is 7.11 Å². The lowest BCUT2D eigenvalue weighted by molar-refractivity contribution is 0.105. The molecule has 21 heavy (non-hydrogen) atoms. The summed E-state index contributed by atoms with van der Waals surface area (Å²) >= 11 is 2.28. The van der Waals surface area contributed by atoms with Crippen molar-refractivity contribution in [3.05, 3.63) is 57.7 Å². The van der Waals surface area contributed by atoms with Crippen LogP contribution < -0.4 is 9.47 Å². The summed E-state index contributed by atoms with van der Waals surface area (Å²) in [6.07, 6.45) is 0.862. The van der Waals surface area contributed by atoms with Crippen molar-refractivity contribution in [3.63, 3.8) is 0 Å². The molecule has 0 aliphatic carbocycles. The minimum absolute atomic E-state index is 0.563. The lowest BCUT2D eigenvalue weighted by Gasteiger charge is -2.09. The molecule has 3 nitrogen and oxygen atoms in total. The second-order valence-corrected chi connectivity index (χ2v) is 5.77. The fourth-order valence-corrected chi connectivity index (χ4v) is 2.25. The minimum atomic E-state index is 0.563. The van der Waals surface area contributed by atoms with Crippen molar-refractivity contribution >= 4 is 22.6 Å². The van der Waals surface area contributed by atoms with E-state index in [9.17, 15) is 0 Å². The van der Waals surface area contributed by atoms with Gasteiger partial charge in [-0.05, 0) is 52.9 Å². The zero-order valence-electron chi connectivity index (χ0n) is 12.0. The van der Waals surface area contributed by atoms with Gasteiger partial charge >= 0.3 is 0 Å². The van der Waals surface area contributed by atoms with Gasteiger partial charge in [0.05, 0.1) is 26.9 Å². The number of hydrogen-bond donors (Lipinski definition) is 0. The molecule has 0 saturated heterocycles. The second kappa shape index (κ2) is 8.89. The molecule has 2 aromatic carbocycles. The molecule has 0 bridgehead atoms. The average Bonchev–Trinajstić information content (AvgIpc) is 2.53. The van der Waals surface area contributed by atoms with Gasteiger partial charge in [-0.15, -0.1) is 0 Å². The molecule has 4 heteroatoms. The van der Waals surface area contributed by atoms with Crippen LogP contribution in [0.4, 0.5) is 0 Å². The van der Waals surface area contributed by atoms with Crippen molar-refractivity contribution in [1.29, 1.82) is 0 Å². The molecule has 2 rings (SSSR count). The quantitative estimate of drug-likeness (QED) is 0.491. The Bertz CT molecular complexity index is 540. The van der Waals surface area contributed by atoms with Crippen LogP contribution >= 0.6 is 22.6 Å². The number of para-hydroxylation sites is 1. The number of halogens is 1. The number of methoxy groups -OCH3 is 1. The maximum Gasteiger partial charge on any atom is 0.124 e. The van der Waals surface area contributed by atoms with Gasteiger partial charge in [-0.3, -0.25) is 0 Å². The van der Waals surface area contributed by atoms with E-state index in [1.165, 1.54) is 3.57 Å². The molecule has 0 radical (unpaired) electrons. The number of benzene rings is 2. The van der Waals surface area contributed by atoms with Crippen LogP contribution in [-0.4, -0.2) is 20.3 Å². The van der Waals surface area contributed by atoms with E-state index in [-0.39, 0.29) is 0 Å². The Morgan fingerprint density at radius 3 is 2.48 bits per heavy atom. The Balaban J connectivity index is 1.63. The van der Waals surface area contributed by atoms with Gasteiger partial charge in [-0.1, -0.05) is 18.2 Å². The minimum Gasteiger partial charge on any atom is -0.496 e. The summed E-state index contributed by atoms with van der Waals surface area (Å²) in [6, 6.07) is 15.9. The molecule has 0 unspecified atom stereocenters. The summed E-state index contributed by atoms with van der Waals surface area (Å²) in [5.41, 5.74) is 1.07. The van der Waals surface area contributed by atoms with Crippen LogP contribution in [0.5, 0.6) is 11.5 Å². The smallest absolute Gasteiger partial charge is 0.124 e. The van der Waals surface area contributed by atoms with Crippen molar-refractivity contribution in [1.82, 2.24) is 0 Å². The molecule has 0 aliphatic rings.